The van der Waals surface area contributed by atoms with E-state index >= 15 is 0 Å². The number of amides is 1. The fourth-order valence-corrected chi connectivity index (χ4v) is 7.00. The van der Waals surface area contributed by atoms with Crippen LogP contribution in [0.15, 0.2) is 17.2 Å². The maximum Gasteiger partial charge on any atom is 0.254 e. The van der Waals surface area contributed by atoms with Gasteiger partial charge in [0.2, 0.25) is 0 Å². The summed E-state index contributed by atoms with van der Waals surface area (Å²) in [7, 11) is 0. The number of aromatic nitrogens is 1. The van der Waals surface area contributed by atoms with Gasteiger partial charge in [0.1, 0.15) is 10.2 Å². The largest absolute Gasteiger partial charge is 0.390 e. The lowest BCUT2D eigenvalue weighted by Gasteiger charge is -2.58. The van der Waals surface area contributed by atoms with E-state index in [1.165, 1.54) is 0 Å². The molecule has 4 bridgehead atoms. The van der Waals surface area contributed by atoms with Gasteiger partial charge in [0.05, 0.1) is 11.2 Å². The highest BCUT2D eigenvalue weighted by Crippen LogP contribution is 2.55. The van der Waals surface area contributed by atoms with Crippen molar-refractivity contribution in [2.24, 2.45) is 23.7 Å². The molecule has 4 aliphatic rings. The standard InChI is InChI=1S/C21H29ClN2O2S/c1-12(2)5-6-27-20-16(3-4-17(22)23-20)19(25)24-18-14-7-13-8-15(18)11-21(26,9-13)10-14/h3-4,12-15,18,26H,5-11H2,1-2H3,(H,24,25)/t13?,14?,15?,18-,21+. The number of carbonyl (C=O) groups excluding carboxylic acids is 1. The maximum atomic E-state index is 13.1. The van der Waals surface area contributed by atoms with E-state index in [-0.39, 0.29) is 11.9 Å². The number of carbonyl (C=O) groups is 1. The van der Waals surface area contributed by atoms with Crippen LogP contribution in [-0.2, 0) is 0 Å². The first kappa shape index (κ1) is 19.5. The van der Waals surface area contributed by atoms with Crippen LogP contribution in [0.5, 0.6) is 0 Å². The van der Waals surface area contributed by atoms with E-state index in [1.807, 2.05) is 0 Å². The number of pyridine rings is 1. The first-order valence-electron chi connectivity index (χ1n) is 10.2. The van der Waals surface area contributed by atoms with E-state index in [1.54, 1.807) is 23.9 Å². The molecule has 1 amide bonds. The molecule has 0 spiro atoms. The van der Waals surface area contributed by atoms with Crippen LogP contribution in [0.3, 0.4) is 0 Å². The lowest BCUT2D eigenvalue weighted by molar-refractivity contribution is -0.136. The van der Waals surface area contributed by atoms with Gasteiger partial charge in [-0.3, -0.25) is 4.79 Å². The maximum absolute atomic E-state index is 13.1. The number of hydrogen-bond donors (Lipinski definition) is 2. The number of halogens is 1. The van der Waals surface area contributed by atoms with E-state index in [0.29, 0.717) is 34.4 Å². The molecule has 0 aliphatic heterocycles. The second kappa shape index (κ2) is 7.57. The number of thioether (sulfide) groups is 1. The molecule has 2 unspecified atom stereocenters. The Balaban J connectivity index is 1.47. The van der Waals surface area contributed by atoms with Crippen molar-refractivity contribution in [3.05, 3.63) is 22.8 Å². The minimum absolute atomic E-state index is 0.0457. The Morgan fingerprint density at radius 3 is 2.67 bits per heavy atom. The molecule has 6 heteroatoms. The summed E-state index contributed by atoms with van der Waals surface area (Å²) in [6, 6.07) is 3.67. The van der Waals surface area contributed by atoms with Gasteiger partial charge in [-0.1, -0.05) is 25.4 Å². The Morgan fingerprint density at radius 2 is 2.04 bits per heavy atom. The molecule has 0 saturated heterocycles. The Labute approximate surface area is 170 Å². The Kier molecular flexibility index (Phi) is 5.47. The number of aliphatic hydroxyl groups is 1. The highest BCUT2D eigenvalue weighted by atomic mass is 35.5. The van der Waals surface area contributed by atoms with E-state index in [9.17, 15) is 9.90 Å². The molecule has 2 atom stereocenters. The molecule has 1 aromatic heterocycles. The molecule has 27 heavy (non-hydrogen) atoms. The molecule has 0 radical (unpaired) electrons. The third-order valence-corrected chi connectivity index (χ3v) is 7.78. The van der Waals surface area contributed by atoms with Gasteiger partial charge in [0.15, 0.2) is 0 Å². The molecule has 1 heterocycles. The summed E-state index contributed by atoms with van der Waals surface area (Å²) in [5, 5.41) is 15.2. The van der Waals surface area contributed by atoms with E-state index in [2.05, 4.69) is 24.1 Å². The molecule has 4 saturated carbocycles. The fourth-order valence-electron chi connectivity index (χ4n) is 5.54. The van der Waals surface area contributed by atoms with E-state index < -0.39 is 5.60 Å². The topological polar surface area (TPSA) is 62.2 Å². The molecular weight excluding hydrogens is 380 g/mol. The van der Waals surface area contributed by atoms with Crippen LogP contribution in [0.4, 0.5) is 0 Å². The van der Waals surface area contributed by atoms with Crippen molar-refractivity contribution in [1.82, 2.24) is 10.3 Å². The summed E-state index contributed by atoms with van der Waals surface area (Å²) in [6.45, 7) is 4.39. The predicted octanol–water partition coefficient (Wildman–Crippen LogP) is 4.54. The summed E-state index contributed by atoms with van der Waals surface area (Å²) in [4.78, 5) is 17.5. The number of rotatable bonds is 6. The average Bonchev–Trinajstić information content (AvgIpc) is 2.56. The van der Waals surface area contributed by atoms with Gasteiger partial charge in [-0.05, 0) is 80.1 Å². The SMILES string of the molecule is CC(C)CCSc1nc(Cl)ccc1C(=O)N[C@H]1C2CC3CC1C[C@@](O)(C3)C2. The van der Waals surface area contributed by atoms with Crippen molar-refractivity contribution in [2.75, 3.05) is 5.75 Å². The Bertz CT molecular complexity index is 710. The number of nitrogens with one attached hydrogen (secondary N) is 1. The normalized spacial score (nSPS) is 34.3. The summed E-state index contributed by atoms with van der Waals surface area (Å²) < 4.78 is 0. The van der Waals surface area contributed by atoms with Crippen molar-refractivity contribution in [1.29, 1.82) is 0 Å². The van der Waals surface area contributed by atoms with Crippen molar-refractivity contribution < 1.29 is 9.90 Å². The lowest BCUT2D eigenvalue weighted by atomic mass is 9.52. The monoisotopic (exact) mass is 408 g/mol. The molecule has 4 nitrogen and oxygen atoms in total. The third-order valence-electron chi connectivity index (χ3n) is 6.54. The molecule has 4 aliphatic carbocycles. The van der Waals surface area contributed by atoms with Crippen LogP contribution >= 0.6 is 23.4 Å². The second-order valence-electron chi connectivity index (χ2n) is 9.21. The quantitative estimate of drug-likeness (QED) is 0.535. The smallest absolute Gasteiger partial charge is 0.254 e. The van der Waals surface area contributed by atoms with Crippen molar-refractivity contribution in [3.8, 4) is 0 Å². The summed E-state index contributed by atoms with van der Waals surface area (Å²) in [5.74, 6) is 2.95. The average molecular weight is 409 g/mol. The first-order chi connectivity index (χ1) is 12.8. The molecule has 148 valence electrons. The highest BCUT2D eigenvalue weighted by molar-refractivity contribution is 7.99. The van der Waals surface area contributed by atoms with Crippen molar-refractivity contribution in [3.63, 3.8) is 0 Å². The fraction of sp³-hybridized carbons (Fsp3) is 0.714. The third kappa shape index (κ3) is 4.15. The van der Waals surface area contributed by atoms with Gasteiger partial charge in [0.25, 0.3) is 5.91 Å². The summed E-state index contributed by atoms with van der Waals surface area (Å²) in [5.41, 5.74) is 0.151. The molecule has 4 fully saturated rings. The van der Waals surface area contributed by atoms with Gasteiger partial charge in [-0.2, -0.15) is 0 Å². The van der Waals surface area contributed by atoms with E-state index in [4.69, 9.17) is 11.6 Å². The van der Waals surface area contributed by atoms with Gasteiger partial charge in [0, 0.05) is 6.04 Å². The van der Waals surface area contributed by atoms with Crippen LogP contribution in [-0.4, -0.2) is 33.4 Å². The van der Waals surface area contributed by atoms with E-state index in [0.717, 1.165) is 49.3 Å². The first-order valence-corrected chi connectivity index (χ1v) is 11.5. The zero-order valence-electron chi connectivity index (χ0n) is 16.1. The van der Waals surface area contributed by atoms with Gasteiger partial charge < -0.3 is 10.4 Å². The minimum Gasteiger partial charge on any atom is -0.390 e. The van der Waals surface area contributed by atoms with Crippen molar-refractivity contribution >= 4 is 29.3 Å². The molecule has 0 aromatic carbocycles. The summed E-state index contributed by atoms with van der Waals surface area (Å²) >= 11 is 7.70. The van der Waals surface area contributed by atoms with Gasteiger partial charge in [-0.25, -0.2) is 4.98 Å². The van der Waals surface area contributed by atoms with Crippen LogP contribution < -0.4 is 5.32 Å². The highest BCUT2D eigenvalue weighted by Gasteiger charge is 2.55. The lowest BCUT2D eigenvalue weighted by Crippen LogP contribution is -2.61. The van der Waals surface area contributed by atoms with Crippen LogP contribution in [0.1, 0.15) is 62.7 Å². The molecular formula is C21H29ClN2O2S. The Hall–Kier alpha value is -0.780. The van der Waals surface area contributed by atoms with Crippen LogP contribution in [0.2, 0.25) is 5.15 Å². The second-order valence-corrected chi connectivity index (χ2v) is 10.7. The molecule has 1 aromatic rings. The van der Waals surface area contributed by atoms with Crippen LogP contribution in [0, 0.1) is 23.7 Å². The zero-order chi connectivity index (χ0) is 19.2. The number of nitrogens with zero attached hydrogens (tertiary/aromatic N) is 1. The predicted molar refractivity (Wildman–Crippen MR) is 109 cm³/mol. The minimum atomic E-state index is -0.475. The van der Waals surface area contributed by atoms with Gasteiger partial charge in [-0.15, -0.1) is 11.8 Å². The summed E-state index contributed by atoms with van der Waals surface area (Å²) in [6.07, 6.45) is 5.97. The Morgan fingerprint density at radius 1 is 1.33 bits per heavy atom. The molecule has 2 N–H and O–H groups in total. The van der Waals surface area contributed by atoms with Gasteiger partial charge >= 0.3 is 0 Å². The molecule has 5 rings (SSSR count). The number of hydrogen-bond acceptors (Lipinski definition) is 4. The van der Waals surface area contributed by atoms with Crippen molar-refractivity contribution in [2.45, 2.75) is 69.0 Å². The van der Waals surface area contributed by atoms with Crippen LogP contribution in [0.25, 0.3) is 0 Å². The zero-order valence-corrected chi connectivity index (χ0v) is 17.7.